The van der Waals surface area contributed by atoms with Crippen molar-refractivity contribution >= 4 is 17.0 Å². The van der Waals surface area contributed by atoms with Gasteiger partial charge in [0.2, 0.25) is 0 Å². The van der Waals surface area contributed by atoms with E-state index in [1.807, 2.05) is 25.2 Å². The third-order valence-electron chi connectivity index (χ3n) is 4.95. The molecule has 6 nitrogen and oxygen atoms in total. The Bertz CT molecular complexity index is 1000. The molecule has 3 heterocycles. The molecule has 0 aromatic carbocycles. The summed E-state index contributed by atoms with van der Waals surface area (Å²) in [6, 6.07) is 5.80. The lowest BCUT2D eigenvalue weighted by Crippen LogP contribution is -2.27. The molecule has 0 aliphatic heterocycles. The van der Waals surface area contributed by atoms with Crippen LogP contribution in [0.2, 0.25) is 0 Å². The number of carbonyl (C=O) groups excluding carboxylic acids is 1. The van der Waals surface area contributed by atoms with E-state index in [0.29, 0.717) is 23.7 Å². The molecule has 1 aliphatic carbocycles. The molecule has 0 atom stereocenters. The molecular weight excluding hydrogens is 352 g/mol. The molecule has 1 fully saturated rings. The Kier molecular flexibility index (Phi) is 4.65. The van der Waals surface area contributed by atoms with Crippen LogP contribution < -0.4 is 0 Å². The molecule has 0 radical (unpaired) electrons. The second-order valence-electron chi connectivity index (χ2n) is 8.94. The molecule has 0 bridgehead atoms. The molecule has 1 aliphatic rings. The van der Waals surface area contributed by atoms with Crippen LogP contribution in [0.15, 0.2) is 35.1 Å². The fourth-order valence-corrected chi connectivity index (χ4v) is 3.45. The van der Waals surface area contributed by atoms with Crippen LogP contribution in [-0.4, -0.2) is 33.0 Å². The summed E-state index contributed by atoms with van der Waals surface area (Å²) in [6.45, 7) is 6.94. The Morgan fingerprint density at radius 2 is 2.11 bits per heavy atom. The fraction of sp³-hybridized carbons (Fsp3) is 0.455. The van der Waals surface area contributed by atoms with Gasteiger partial charge in [0.1, 0.15) is 0 Å². The molecule has 1 amide bonds. The first-order valence-electron chi connectivity index (χ1n) is 9.75. The zero-order valence-corrected chi connectivity index (χ0v) is 16.9. The number of pyridine rings is 2. The predicted octanol–water partition coefficient (Wildman–Crippen LogP) is 4.36. The highest BCUT2D eigenvalue weighted by Crippen LogP contribution is 2.41. The largest absolute Gasteiger partial charge is 0.337 e. The summed E-state index contributed by atoms with van der Waals surface area (Å²) < 4.78 is 5.56. The second-order valence-corrected chi connectivity index (χ2v) is 8.94. The summed E-state index contributed by atoms with van der Waals surface area (Å²) in [5.41, 5.74) is 3.87. The number of fused-ring (bicyclic) bond motifs is 1. The van der Waals surface area contributed by atoms with Crippen molar-refractivity contribution in [3.63, 3.8) is 0 Å². The van der Waals surface area contributed by atoms with Crippen molar-refractivity contribution in [1.29, 1.82) is 0 Å². The molecule has 1 saturated carbocycles. The van der Waals surface area contributed by atoms with Crippen molar-refractivity contribution in [1.82, 2.24) is 20.0 Å². The highest BCUT2D eigenvalue weighted by atomic mass is 16.5. The van der Waals surface area contributed by atoms with E-state index in [1.165, 1.54) is 0 Å². The molecule has 146 valence electrons. The minimum absolute atomic E-state index is 0.0287. The smallest absolute Gasteiger partial charge is 0.259 e. The zero-order chi connectivity index (χ0) is 19.9. The first-order chi connectivity index (χ1) is 13.3. The monoisotopic (exact) mass is 378 g/mol. The first-order valence-corrected chi connectivity index (χ1v) is 9.75. The Labute approximate surface area is 165 Å². The van der Waals surface area contributed by atoms with Crippen LogP contribution in [-0.2, 0) is 13.0 Å². The maximum atomic E-state index is 13.4. The highest BCUT2D eigenvalue weighted by Gasteiger charge is 2.30. The molecule has 6 heteroatoms. The number of carbonyl (C=O) groups is 1. The van der Waals surface area contributed by atoms with Crippen molar-refractivity contribution < 1.29 is 9.32 Å². The van der Waals surface area contributed by atoms with Gasteiger partial charge >= 0.3 is 0 Å². The van der Waals surface area contributed by atoms with Crippen LogP contribution in [0, 0.1) is 5.41 Å². The fourth-order valence-electron chi connectivity index (χ4n) is 3.45. The lowest BCUT2D eigenvalue weighted by Gasteiger charge is -2.19. The molecule has 0 unspecified atom stereocenters. The predicted molar refractivity (Wildman–Crippen MR) is 107 cm³/mol. The molecule has 0 saturated heterocycles. The Balaban J connectivity index is 1.74. The van der Waals surface area contributed by atoms with Gasteiger partial charge in [-0.15, -0.1) is 0 Å². The molecule has 28 heavy (non-hydrogen) atoms. The number of aromatic nitrogens is 3. The SMILES string of the molecule is CN(Cc1cccnc1)C(=O)c1cc(C2CC2)nc2onc(CC(C)(C)C)c12. The van der Waals surface area contributed by atoms with Crippen molar-refractivity contribution in [2.45, 2.75) is 52.5 Å². The van der Waals surface area contributed by atoms with E-state index < -0.39 is 0 Å². The van der Waals surface area contributed by atoms with E-state index in [4.69, 9.17) is 4.52 Å². The molecule has 4 rings (SSSR count). The van der Waals surface area contributed by atoms with Crippen LogP contribution in [0.4, 0.5) is 0 Å². The molecule has 0 spiro atoms. The quantitative estimate of drug-likeness (QED) is 0.660. The molecule has 3 aromatic rings. The molecule has 0 N–H and O–H groups in total. The number of amides is 1. The normalized spacial score (nSPS) is 14.4. The van der Waals surface area contributed by atoms with Crippen molar-refractivity contribution in [3.05, 3.63) is 53.1 Å². The third-order valence-corrected chi connectivity index (χ3v) is 4.95. The average molecular weight is 378 g/mol. The Morgan fingerprint density at radius 3 is 2.75 bits per heavy atom. The summed E-state index contributed by atoms with van der Waals surface area (Å²) in [5, 5.41) is 5.02. The van der Waals surface area contributed by atoms with Gasteiger partial charge in [-0.2, -0.15) is 0 Å². The Hall–Kier alpha value is -2.76. The van der Waals surface area contributed by atoms with Gasteiger partial charge in [0.25, 0.3) is 11.6 Å². The minimum Gasteiger partial charge on any atom is -0.337 e. The first kappa shape index (κ1) is 18.6. The van der Waals surface area contributed by atoms with E-state index in [2.05, 4.69) is 35.9 Å². The Morgan fingerprint density at radius 1 is 1.32 bits per heavy atom. The number of nitrogens with zero attached hydrogens (tertiary/aromatic N) is 4. The van der Waals surface area contributed by atoms with E-state index in [9.17, 15) is 4.79 Å². The van der Waals surface area contributed by atoms with Crippen molar-refractivity contribution in [2.75, 3.05) is 7.05 Å². The highest BCUT2D eigenvalue weighted by molar-refractivity contribution is 6.06. The lowest BCUT2D eigenvalue weighted by molar-refractivity contribution is 0.0786. The van der Waals surface area contributed by atoms with Gasteiger partial charge in [0, 0.05) is 37.6 Å². The van der Waals surface area contributed by atoms with Gasteiger partial charge in [-0.25, -0.2) is 4.98 Å². The van der Waals surface area contributed by atoms with E-state index in [1.54, 1.807) is 17.3 Å². The second kappa shape index (κ2) is 7.00. The van der Waals surface area contributed by atoms with Crippen molar-refractivity contribution in [3.8, 4) is 0 Å². The van der Waals surface area contributed by atoms with Crippen LogP contribution >= 0.6 is 0 Å². The van der Waals surface area contributed by atoms with E-state index in [-0.39, 0.29) is 11.3 Å². The van der Waals surface area contributed by atoms with Gasteiger partial charge in [-0.3, -0.25) is 9.78 Å². The maximum Gasteiger partial charge on any atom is 0.259 e. The number of hydrogen-bond acceptors (Lipinski definition) is 5. The summed E-state index contributed by atoms with van der Waals surface area (Å²) in [4.78, 5) is 23.9. The summed E-state index contributed by atoms with van der Waals surface area (Å²) in [5.74, 6) is 0.382. The van der Waals surface area contributed by atoms with Gasteiger partial charge in [-0.05, 0) is 42.4 Å². The summed E-state index contributed by atoms with van der Waals surface area (Å²) >= 11 is 0. The van der Waals surface area contributed by atoms with Crippen LogP contribution in [0.25, 0.3) is 11.1 Å². The van der Waals surface area contributed by atoms with Gasteiger partial charge in [0.05, 0.1) is 16.6 Å². The van der Waals surface area contributed by atoms with Crippen LogP contribution in [0.1, 0.15) is 66.8 Å². The lowest BCUT2D eigenvalue weighted by atomic mass is 9.89. The van der Waals surface area contributed by atoms with Crippen LogP contribution in [0.3, 0.4) is 0 Å². The number of rotatable bonds is 5. The van der Waals surface area contributed by atoms with Crippen LogP contribution in [0.5, 0.6) is 0 Å². The average Bonchev–Trinajstić information content (AvgIpc) is 3.43. The van der Waals surface area contributed by atoms with Gasteiger partial charge in [-0.1, -0.05) is 32.0 Å². The van der Waals surface area contributed by atoms with E-state index >= 15 is 0 Å². The van der Waals surface area contributed by atoms with E-state index in [0.717, 1.165) is 41.6 Å². The van der Waals surface area contributed by atoms with Gasteiger partial charge < -0.3 is 9.42 Å². The zero-order valence-electron chi connectivity index (χ0n) is 16.9. The topological polar surface area (TPSA) is 72.1 Å². The third kappa shape index (κ3) is 3.91. The standard InChI is InChI=1S/C22H26N4O2/c1-22(2,3)11-18-19-16(10-17(15-7-8-15)24-20(19)28-25-18)21(27)26(4)13-14-6-5-9-23-12-14/h5-6,9-10,12,15H,7-8,11,13H2,1-4H3. The maximum absolute atomic E-state index is 13.4. The summed E-state index contributed by atoms with van der Waals surface area (Å²) in [7, 11) is 1.81. The molecular formula is C22H26N4O2. The minimum atomic E-state index is -0.0449. The summed E-state index contributed by atoms with van der Waals surface area (Å²) in [6.07, 6.45) is 6.46. The molecule has 3 aromatic heterocycles. The number of hydrogen-bond donors (Lipinski definition) is 0. The van der Waals surface area contributed by atoms with Crippen molar-refractivity contribution in [2.24, 2.45) is 5.41 Å². The van der Waals surface area contributed by atoms with Gasteiger partial charge in [0.15, 0.2) is 0 Å².